The van der Waals surface area contributed by atoms with Gasteiger partial charge in [0.15, 0.2) is 5.96 Å². The van der Waals surface area contributed by atoms with Crippen LogP contribution in [-0.2, 0) is 17.9 Å². The lowest BCUT2D eigenvalue weighted by Gasteiger charge is -2.15. The van der Waals surface area contributed by atoms with Crippen LogP contribution in [0, 0.1) is 0 Å². The van der Waals surface area contributed by atoms with Crippen LogP contribution in [0.15, 0.2) is 53.5 Å². The number of guanidine groups is 1. The van der Waals surface area contributed by atoms with E-state index in [1.54, 1.807) is 7.11 Å². The quantitative estimate of drug-likeness (QED) is 0.378. The smallest absolute Gasteiger partial charge is 0.222 e. The third kappa shape index (κ3) is 5.85. The van der Waals surface area contributed by atoms with Crippen molar-refractivity contribution in [2.24, 2.45) is 10.7 Å². The summed E-state index contributed by atoms with van der Waals surface area (Å²) in [5, 5.41) is 3.06. The molecular formula is C20H25IN4O2. The largest absolute Gasteiger partial charge is 0.495 e. The highest BCUT2D eigenvalue weighted by molar-refractivity contribution is 14.0. The van der Waals surface area contributed by atoms with E-state index in [2.05, 4.69) is 16.4 Å². The Balaban J connectivity index is 0.00000261. The minimum absolute atomic E-state index is 0. The zero-order chi connectivity index (χ0) is 18.4. The van der Waals surface area contributed by atoms with E-state index in [9.17, 15) is 4.79 Å². The molecule has 0 unspecified atom stereocenters. The minimum atomic E-state index is 0. The molecule has 6 nitrogen and oxygen atoms in total. The van der Waals surface area contributed by atoms with Gasteiger partial charge in [-0.2, -0.15) is 0 Å². The van der Waals surface area contributed by atoms with Crippen LogP contribution in [-0.4, -0.2) is 30.4 Å². The summed E-state index contributed by atoms with van der Waals surface area (Å²) >= 11 is 0. The van der Waals surface area contributed by atoms with E-state index in [1.807, 2.05) is 47.4 Å². The highest BCUT2D eigenvalue weighted by Crippen LogP contribution is 2.22. The lowest BCUT2D eigenvalue weighted by atomic mass is 10.1. The summed E-state index contributed by atoms with van der Waals surface area (Å²) in [6.07, 6.45) is 1.61. The summed E-state index contributed by atoms with van der Waals surface area (Å²) in [7, 11) is 1.62. The third-order valence-corrected chi connectivity index (χ3v) is 4.34. The van der Waals surface area contributed by atoms with E-state index in [0.29, 0.717) is 31.2 Å². The summed E-state index contributed by atoms with van der Waals surface area (Å²) in [5.74, 6) is 1.27. The second kappa shape index (κ2) is 10.1. The fourth-order valence-corrected chi connectivity index (χ4v) is 3.02. The Morgan fingerprint density at radius 3 is 2.74 bits per heavy atom. The summed E-state index contributed by atoms with van der Waals surface area (Å²) in [4.78, 5) is 18.1. The number of carbonyl (C=O) groups is 1. The lowest BCUT2D eigenvalue weighted by molar-refractivity contribution is -0.128. The zero-order valence-electron chi connectivity index (χ0n) is 15.4. The molecule has 1 heterocycles. The van der Waals surface area contributed by atoms with Crippen LogP contribution >= 0.6 is 24.0 Å². The van der Waals surface area contributed by atoms with Gasteiger partial charge >= 0.3 is 0 Å². The predicted molar refractivity (Wildman–Crippen MR) is 118 cm³/mol. The average molecular weight is 480 g/mol. The molecule has 1 aliphatic rings. The lowest BCUT2D eigenvalue weighted by Crippen LogP contribution is -2.24. The molecule has 7 heteroatoms. The molecular weight excluding hydrogens is 455 g/mol. The highest BCUT2D eigenvalue weighted by atomic mass is 127. The summed E-state index contributed by atoms with van der Waals surface area (Å²) in [6.45, 7) is 1.97. The average Bonchev–Trinajstić information content (AvgIpc) is 3.05. The molecule has 2 aromatic rings. The number of amides is 1. The summed E-state index contributed by atoms with van der Waals surface area (Å²) in [6, 6.07) is 15.7. The molecule has 0 aromatic heterocycles. The van der Waals surface area contributed by atoms with Gasteiger partial charge in [0.25, 0.3) is 0 Å². The summed E-state index contributed by atoms with van der Waals surface area (Å²) in [5.41, 5.74) is 8.94. The molecule has 3 rings (SSSR count). The molecule has 0 bridgehead atoms. The maximum atomic E-state index is 11.8. The standard InChI is InChI=1S/C20H24N4O2.HI/c1-26-18-9-3-2-8-17(18)23-20(21)22-13-15-6-4-7-16(12-15)14-24-11-5-10-19(24)25;/h2-4,6-9,12H,5,10-11,13-14H2,1H3,(H3,21,22,23);1H. The number of carbonyl (C=O) groups excluding carboxylic acids is 1. The van der Waals surface area contributed by atoms with Crippen LogP contribution in [0.1, 0.15) is 24.0 Å². The van der Waals surface area contributed by atoms with Crippen molar-refractivity contribution in [3.8, 4) is 5.75 Å². The first-order valence-electron chi connectivity index (χ1n) is 8.71. The number of benzene rings is 2. The van der Waals surface area contributed by atoms with E-state index in [-0.39, 0.29) is 29.9 Å². The van der Waals surface area contributed by atoms with Gasteiger partial charge in [0.1, 0.15) is 5.75 Å². The number of para-hydroxylation sites is 2. The molecule has 0 spiro atoms. The Hall–Kier alpha value is -2.29. The molecule has 0 radical (unpaired) electrons. The maximum Gasteiger partial charge on any atom is 0.222 e. The van der Waals surface area contributed by atoms with Gasteiger partial charge in [0.05, 0.1) is 19.3 Å². The molecule has 1 fully saturated rings. The number of aliphatic imine (C=N–C) groups is 1. The van der Waals surface area contributed by atoms with Crippen LogP contribution in [0.4, 0.5) is 5.69 Å². The van der Waals surface area contributed by atoms with Gasteiger partial charge in [-0.15, -0.1) is 24.0 Å². The van der Waals surface area contributed by atoms with Crippen molar-refractivity contribution >= 4 is 41.5 Å². The van der Waals surface area contributed by atoms with Crippen molar-refractivity contribution in [1.82, 2.24) is 4.90 Å². The van der Waals surface area contributed by atoms with Gasteiger partial charge in [-0.1, -0.05) is 36.4 Å². The maximum absolute atomic E-state index is 11.8. The second-order valence-electron chi connectivity index (χ2n) is 6.27. The van der Waals surface area contributed by atoms with Crippen molar-refractivity contribution in [3.63, 3.8) is 0 Å². The van der Waals surface area contributed by atoms with Crippen LogP contribution in [0.2, 0.25) is 0 Å². The molecule has 144 valence electrons. The topological polar surface area (TPSA) is 80.0 Å². The molecule has 0 atom stereocenters. The van der Waals surface area contributed by atoms with E-state index in [1.165, 1.54) is 0 Å². The molecule has 3 N–H and O–H groups in total. The Labute approximate surface area is 176 Å². The monoisotopic (exact) mass is 480 g/mol. The predicted octanol–water partition coefficient (Wildman–Crippen LogP) is 3.36. The van der Waals surface area contributed by atoms with Crippen molar-refractivity contribution < 1.29 is 9.53 Å². The number of methoxy groups -OCH3 is 1. The Morgan fingerprint density at radius 1 is 1.22 bits per heavy atom. The summed E-state index contributed by atoms with van der Waals surface area (Å²) < 4.78 is 5.29. The molecule has 1 amide bonds. The fourth-order valence-electron chi connectivity index (χ4n) is 3.02. The van der Waals surface area contributed by atoms with Crippen LogP contribution in [0.5, 0.6) is 5.75 Å². The number of hydrogen-bond donors (Lipinski definition) is 2. The number of halogens is 1. The van der Waals surface area contributed by atoms with E-state index >= 15 is 0 Å². The number of rotatable bonds is 6. The van der Waals surface area contributed by atoms with E-state index < -0.39 is 0 Å². The van der Waals surface area contributed by atoms with E-state index in [4.69, 9.17) is 10.5 Å². The normalized spacial score (nSPS) is 14.0. The number of ether oxygens (including phenoxy) is 1. The zero-order valence-corrected chi connectivity index (χ0v) is 17.7. The number of hydrogen-bond acceptors (Lipinski definition) is 3. The van der Waals surface area contributed by atoms with Gasteiger partial charge in [-0.25, -0.2) is 4.99 Å². The molecule has 0 aliphatic carbocycles. The highest BCUT2D eigenvalue weighted by Gasteiger charge is 2.19. The van der Waals surface area contributed by atoms with Gasteiger partial charge in [0.2, 0.25) is 5.91 Å². The molecule has 0 saturated carbocycles. The number of anilines is 1. The number of nitrogens with two attached hydrogens (primary N) is 1. The molecule has 2 aromatic carbocycles. The minimum Gasteiger partial charge on any atom is -0.495 e. The second-order valence-corrected chi connectivity index (χ2v) is 6.27. The third-order valence-electron chi connectivity index (χ3n) is 4.34. The first kappa shape index (κ1) is 21.0. The first-order chi connectivity index (χ1) is 12.7. The number of nitrogens with one attached hydrogen (secondary N) is 1. The number of nitrogens with zero attached hydrogens (tertiary/aromatic N) is 2. The van der Waals surface area contributed by atoms with Crippen LogP contribution < -0.4 is 15.8 Å². The fraction of sp³-hybridized carbons (Fsp3) is 0.300. The van der Waals surface area contributed by atoms with Crippen molar-refractivity contribution in [3.05, 3.63) is 59.7 Å². The number of likely N-dealkylation sites (tertiary alicyclic amines) is 1. The Morgan fingerprint density at radius 2 is 2.00 bits per heavy atom. The van der Waals surface area contributed by atoms with Crippen molar-refractivity contribution in [1.29, 1.82) is 0 Å². The Bertz CT molecular complexity index is 810. The molecule has 1 saturated heterocycles. The van der Waals surface area contributed by atoms with Gasteiger partial charge in [-0.3, -0.25) is 4.79 Å². The first-order valence-corrected chi connectivity index (χ1v) is 8.71. The van der Waals surface area contributed by atoms with E-state index in [0.717, 1.165) is 29.8 Å². The van der Waals surface area contributed by atoms with Gasteiger partial charge in [-0.05, 0) is 29.7 Å². The van der Waals surface area contributed by atoms with Crippen LogP contribution in [0.3, 0.4) is 0 Å². The van der Waals surface area contributed by atoms with Crippen molar-refractivity contribution in [2.45, 2.75) is 25.9 Å². The molecule has 1 aliphatic heterocycles. The van der Waals surface area contributed by atoms with Crippen LogP contribution in [0.25, 0.3) is 0 Å². The van der Waals surface area contributed by atoms with Gasteiger partial charge in [0, 0.05) is 19.5 Å². The Kier molecular flexibility index (Phi) is 7.90. The molecule has 27 heavy (non-hydrogen) atoms. The van der Waals surface area contributed by atoms with Crippen molar-refractivity contribution in [2.75, 3.05) is 19.0 Å². The SMILES string of the molecule is COc1ccccc1NC(N)=NCc1cccc(CN2CCCC2=O)c1.I. The van der Waals surface area contributed by atoms with Gasteiger partial charge < -0.3 is 20.7 Å².